The number of nitrogens with zero attached hydrogens (tertiary/aromatic N) is 2. The van der Waals surface area contributed by atoms with Crippen molar-refractivity contribution in [2.45, 2.75) is 25.8 Å². The third-order valence-corrected chi connectivity index (χ3v) is 2.99. The van der Waals surface area contributed by atoms with Gasteiger partial charge in [0.05, 0.1) is 11.4 Å². The van der Waals surface area contributed by atoms with Gasteiger partial charge in [-0.25, -0.2) is 4.98 Å². The third-order valence-electron chi connectivity index (χ3n) is 2.07. The standard InChI is InChI=1S/C12H15N3S/c1-12(2,13)7-9-8-16-11(15-9)10-5-3-4-6-14-10/h3-6,8H,7,13H2,1-2H3. The van der Waals surface area contributed by atoms with E-state index in [1.807, 2.05) is 32.0 Å². The van der Waals surface area contributed by atoms with E-state index < -0.39 is 0 Å². The van der Waals surface area contributed by atoms with Crippen LogP contribution < -0.4 is 5.73 Å². The zero-order valence-corrected chi connectivity index (χ0v) is 10.3. The van der Waals surface area contributed by atoms with Crippen molar-refractivity contribution >= 4 is 11.3 Å². The van der Waals surface area contributed by atoms with Gasteiger partial charge in [0.1, 0.15) is 5.01 Å². The fourth-order valence-corrected chi connectivity index (χ4v) is 2.26. The second kappa shape index (κ2) is 4.31. The van der Waals surface area contributed by atoms with Crippen molar-refractivity contribution < 1.29 is 0 Å². The first-order valence-electron chi connectivity index (χ1n) is 5.19. The van der Waals surface area contributed by atoms with E-state index >= 15 is 0 Å². The molecule has 0 atom stereocenters. The second-order valence-electron chi connectivity index (χ2n) is 4.52. The molecule has 0 radical (unpaired) electrons. The van der Waals surface area contributed by atoms with Crippen LogP contribution in [0.1, 0.15) is 19.5 Å². The van der Waals surface area contributed by atoms with Gasteiger partial charge < -0.3 is 5.73 Å². The first-order valence-corrected chi connectivity index (χ1v) is 6.07. The van der Waals surface area contributed by atoms with Gasteiger partial charge in [-0.1, -0.05) is 6.07 Å². The van der Waals surface area contributed by atoms with Gasteiger partial charge in [0.2, 0.25) is 0 Å². The molecule has 0 bridgehead atoms. The van der Waals surface area contributed by atoms with Gasteiger partial charge in [-0.2, -0.15) is 0 Å². The molecule has 0 aliphatic carbocycles. The summed E-state index contributed by atoms with van der Waals surface area (Å²) in [5.41, 5.74) is 7.72. The fraction of sp³-hybridized carbons (Fsp3) is 0.333. The lowest BCUT2D eigenvalue weighted by molar-refractivity contribution is 0.511. The van der Waals surface area contributed by atoms with Crippen LogP contribution in [0.3, 0.4) is 0 Å². The molecule has 2 heterocycles. The molecule has 84 valence electrons. The van der Waals surface area contributed by atoms with E-state index in [2.05, 4.69) is 15.3 Å². The highest BCUT2D eigenvalue weighted by Crippen LogP contribution is 2.22. The number of hydrogen-bond donors (Lipinski definition) is 1. The Labute approximate surface area is 99.4 Å². The molecule has 0 spiro atoms. The van der Waals surface area contributed by atoms with Crippen molar-refractivity contribution in [2.75, 3.05) is 0 Å². The molecule has 0 saturated heterocycles. The molecule has 0 fully saturated rings. The molecule has 2 aromatic heterocycles. The number of pyridine rings is 1. The van der Waals surface area contributed by atoms with E-state index in [4.69, 9.17) is 5.73 Å². The number of aromatic nitrogens is 2. The first kappa shape index (κ1) is 11.2. The summed E-state index contributed by atoms with van der Waals surface area (Å²) < 4.78 is 0. The van der Waals surface area contributed by atoms with Crippen molar-refractivity contribution in [3.63, 3.8) is 0 Å². The maximum atomic E-state index is 5.96. The third kappa shape index (κ3) is 2.87. The van der Waals surface area contributed by atoms with Crippen LogP contribution in [0.15, 0.2) is 29.8 Å². The number of nitrogens with two attached hydrogens (primary N) is 1. The fourth-order valence-electron chi connectivity index (χ4n) is 1.46. The molecule has 16 heavy (non-hydrogen) atoms. The van der Waals surface area contributed by atoms with Gasteiger partial charge >= 0.3 is 0 Å². The molecule has 0 amide bonds. The lowest BCUT2D eigenvalue weighted by Crippen LogP contribution is -2.34. The number of hydrogen-bond acceptors (Lipinski definition) is 4. The summed E-state index contributed by atoms with van der Waals surface area (Å²) in [6.07, 6.45) is 2.57. The van der Waals surface area contributed by atoms with Gasteiger partial charge in [0.15, 0.2) is 0 Å². The van der Waals surface area contributed by atoms with Gasteiger partial charge in [-0.05, 0) is 26.0 Å². The van der Waals surface area contributed by atoms with Gasteiger partial charge in [0, 0.05) is 23.5 Å². The number of rotatable bonds is 3. The Morgan fingerprint density at radius 1 is 1.38 bits per heavy atom. The summed E-state index contributed by atoms with van der Waals surface area (Å²) in [6, 6.07) is 5.84. The zero-order valence-electron chi connectivity index (χ0n) is 9.47. The predicted octanol–water partition coefficient (Wildman–Crippen LogP) is 2.48. The Bertz CT molecular complexity index is 457. The highest BCUT2D eigenvalue weighted by molar-refractivity contribution is 7.13. The summed E-state index contributed by atoms with van der Waals surface area (Å²) in [5, 5.41) is 3.01. The summed E-state index contributed by atoms with van der Waals surface area (Å²) in [4.78, 5) is 8.82. The van der Waals surface area contributed by atoms with Gasteiger partial charge in [-0.15, -0.1) is 11.3 Å². The minimum absolute atomic E-state index is 0.213. The summed E-state index contributed by atoms with van der Waals surface area (Å²) >= 11 is 1.61. The van der Waals surface area contributed by atoms with Crippen molar-refractivity contribution in [2.24, 2.45) is 5.73 Å². The maximum absolute atomic E-state index is 5.96. The molecular formula is C12H15N3S. The van der Waals surface area contributed by atoms with E-state index in [0.717, 1.165) is 22.8 Å². The van der Waals surface area contributed by atoms with Crippen molar-refractivity contribution in [3.05, 3.63) is 35.5 Å². The average molecular weight is 233 g/mol. The Morgan fingerprint density at radius 3 is 2.81 bits per heavy atom. The monoisotopic (exact) mass is 233 g/mol. The molecule has 0 aromatic carbocycles. The first-order chi connectivity index (χ1) is 7.54. The van der Waals surface area contributed by atoms with Crippen LogP contribution in [0.4, 0.5) is 0 Å². The van der Waals surface area contributed by atoms with Crippen LogP contribution in [0, 0.1) is 0 Å². The molecule has 2 rings (SSSR count). The highest BCUT2D eigenvalue weighted by atomic mass is 32.1. The van der Waals surface area contributed by atoms with Crippen LogP contribution >= 0.6 is 11.3 Å². The molecule has 2 N–H and O–H groups in total. The van der Waals surface area contributed by atoms with Crippen LogP contribution in [0.2, 0.25) is 0 Å². The molecule has 0 saturated carbocycles. The lowest BCUT2D eigenvalue weighted by Gasteiger charge is -2.15. The van der Waals surface area contributed by atoms with Gasteiger partial charge in [0.25, 0.3) is 0 Å². The summed E-state index contributed by atoms with van der Waals surface area (Å²) in [6.45, 7) is 4.01. The average Bonchev–Trinajstić information content (AvgIpc) is 2.65. The number of thiazole rings is 1. The quantitative estimate of drug-likeness (QED) is 0.886. The molecule has 0 aliphatic heterocycles. The molecule has 2 aromatic rings. The smallest absolute Gasteiger partial charge is 0.142 e. The van der Waals surface area contributed by atoms with Crippen LogP contribution in [0.5, 0.6) is 0 Å². The maximum Gasteiger partial charge on any atom is 0.142 e. The minimum atomic E-state index is -0.213. The normalized spacial score (nSPS) is 11.7. The molecule has 4 heteroatoms. The lowest BCUT2D eigenvalue weighted by atomic mass is 10.0. The summed E-state index contributed by atoms with van der Waals surface area (Å²) in [7, 11) is 0. The van der Waals surface area contributed by atoms with E-state index in [9.17, 15) is 0 Å². The Kier molecular flexibility index (Phi) is 3.03. The summed E-state index contributed by atoms with van der Waals surface area (Å²) in [5.74, 6) is 0. The zero-order chi connectivity index (χ0) is 11.6. The van der Waals surface area contributed by atoms with Gasteiger partial charge in [-0.3, -0.25) is 4.98 Å². The van der Waals surface area contributed by atoms with Crippen molar-refractivity contribution in [3.8, 4) is 10.7 Å². The Hall–Kier alpha value is -1.26. The SMILES string of the molecule is CC(C)(N)Cc1csc(-c2ccccn2)n1. The van der Waals surface area contributed by atoms with E-state index in [1.165, 1.54) is 0 Å². The van der Waals surface area contributed by atoms with Crippen molar-refractivity contribution in [1.29, 1.82) is 0 Å². The Morgan fingerprint density at radius 2 is 2.19 bits per heavy atom. The molecule has 3 nitrogen and oxygen atoms in total. The van der Waals surface area contributed by atoms with Crippen LogP contribution in [0.25, 0.3) is 10.7 Å². The predicted molar refractivity (Wildman–Crippen MR) is 67.3 cm³/mol. The molecule has 0 unspecified atom stereocenters. The van der Waals surface area contributed by atoms with E-state index in [1.54, 1.807) is 17.5 Å². The Balaban J connectivity index is 2.21. The second-order valence-corrected chi connectivity index (χ2v) is 5.38. The van der Waals surface area contributed by atoms with Crippen LogP contribution in [-0.2, 0) is 6.42 Å². The van der Waals surface area contributed by atoms with E-state index in [0.29, 0.717) is 0 Å². The van der Waals surface area contributed by atoms with Crippen molar-refractivity contribution in [1.82, 2.24) is 9.97 Å². The molecular weight excluding hydrogens is 218 g/mol. The van der Waals surface area contributed by atoms with Crippen LogP contribution in [-0.4, -0.2) is 15.5 Å². The minimum Gasteiger partial charge on any atom is -0.325 e. The highest BCUT2D eigenvalue weighted by Gasteiger charge is 2.14. The topological polar surface area (TPSA) is 51.8 Å². The molecule has 0 aliphatic rings. The van der Waals surface area contributed by atoms with E-state index in [-0.39, 0.29) is 5.54 Å². The largest absolute Gasteiger partial charge is 0.325 e.